The Morgan fingerprint density at radius 1 is 1.19 bits per heavy atom. The quantitative estimate of drug-likeness (QED) is 0.849. The monoisotopic (exact) mass is 215 g/mol. The van der Waals surface area contributed by atoms with E-state index in [1.807, 2.05) is 19.3 Å². The highest BCUT2D eigenvalue weighted by molar-refractivity contribution is 5.55. The Hall–Kier alpha value is -1.77. The minimum Gasteiger partial charge on any atom is -0.339 e. The van der Waals surface area contributed by atoms with Gasteiger partial charge in [0, 0.05) is 25.0 Å². The number of aryl methyl sites for hydroxylation is 2. The molecule has 0 spiro atoms. The maximum absolute atomic E-state index is 4.27. The van der Waals surface area contributed by atoms with Crippen molar-refractivity contribution in [2.75, 3.05) is 5.32 Å². The van der Waals surface area contributed by atoms with Crippen LogP contribution in [0, 0.1) is 0 Å². The molecule has 0 saturated carbocycles. The molecule has 0 aliphatic carbocycles. The number of nitrogens with one attached hydrogen (secondary N) is 1. The summed E-state index contributed by atoms with van der Waals surface area (Å²) in [6.07, 6.45) is 4.25. The van der Waals surface area contributed by atoms with Gasteiger partial charge in [-0.15, -0.1) is 0 Å². The van der Waals surface area contributed by atoms with Gasteiger partial charge in [0.05, 0.1) is 0 Å². The Morgan fingerprint density at radius 3 is 2.50 bits per heavy atom. The predicted octanol–water partition coefficient (Wildman–Crippen LogP) is 3.12. The molecule has 0 fully saturated rings. The van der Waals surface area contributed by atoms with Gasteiger partial charge in [0.25, 0.3) is 0 Å². The van der Waals surface area contributed by atoms with Crippen molar-refractivity contribution in [2.24, 2.45) is 7.05 Å². The first-order chi connectivity index (χ1) is 7.78. The Bertz CT molecular complexity index is 442. The van der Waals surface area contributed by atoms with Crippen molar-refractivity contribution in [1.29, 1.82) is 0 Å². The third-order valence-electron chi connectivity index (χ3n) is 2.48. The molecule has 0 atom stereocenters. The maximum atomic E-state index is 4.27. The Labute approximate surface area is 96.1 Å². The lowest BCUT2D eigenvalue weighted by Crippen LogP contribution is -1.94. The molecule has 0 aliphatic rings. The van der Waals surface area contributed by atoms with Crippen LogP contribution in [0.15, 0.2) is 36.5 Å². The summed E-state index contributed by atoms with van der Waals surface area (Å²) in [5.74, 6) is 0.880. The van der Waals surface area contributed by atoms with Crippen LogP contribution in [-0.4, -0.2) is 9.78 Å². The maximum Gasteiger partial charge on any atom is 0.152 e. The predicted molar refractivity (Wildman–Crippen MR) is 66.9 cm³/mol. The zero-order valence-electron chi connectivity index (χ0n) is 9.77. The summed E-state index contributed by atoms with van der Waals surface area (Å²) in [5.41, 5.74) is 2.47. The van der Waals surface area contributed by atoms with Crippen molar-refractivity contribution in [3.8, 4) is 0 Å². The molecule has 0 bridgehead atoms. The van der Waals surface area contributed by atoms with Crippen molar-refractivity contribution in [3.05, 3.63) is 42.1 Å². The Kier molecular flexibility index (Phi) is 3.25. The molecule has 1 aromatic carbocycles. The zero-order chi connectivity index (χ0) is 11.4. The lowest BCUT2D eigenvalue weighted by atomic mass is 10.1. The molecule has 1 N–H and O–H groups in total. The van der Waals surface area contributed by atoms with Gasteiger partial charge in [-0.3, -0.25) is 4.68 Å². The van der Waals surface area contributed by atoms with Crippen LogP contribution in [0.5, 0.6) is 0 Å². The second-order valence-electron chi connectivity index (χ2n) is 3.95. The third-order valence-corrected chi connectivity index (χ3v) is 2.48. The topological polar surface area (TPSA) is 29.9 Å². The lowest BCUT2D eigenvalue weighted by molar-refractivity contribution is 0.771. The molecule has 1 aromatic heterocycles. The van der Waals surface area contributed by atoms with E-state index in [2.05, 4.69) is 41.6 Å². The molecule has 0 radical (unpaired) electrons. The van der Waals surface area contributed by atoms with Gasteiger partial charge in [-0.05, 0) is 24.1 Å². The van der Waals surface area contributed by atoms with E-state index in [9.17, 15) is 0 Å². The summed E-state index contributed by atoms with van der Waals surface area (Å²) in [7, 11) is 1.91. The molecular weight excluding hydrogens is 198 g/mol. The second kappa shape index (κ2) is 4.84. The van der Waals surface area contributed by atoms with E-state index in [0.29, 0.717) is 0 Å². The number of aromatic nitrogens is 2. The minimum absolute atomic E-state index is 0.880. The standard InChI is InChI=1S/C13H17N3/c1-3-4-11-5-7-12(8-6-11)14-13-9-10-16(2)15-13/h5-10H,3-4H2,1-2H3,(H,14,15). The van der Waals surface area contributed by atoms with Gasteiger partial charge >= 0.3 is 0 Å². The fraction of sp³-hybridized carbons (Fsp3) is 0.308. The minimum atomic E-state index is 0.880. The molecular formula is C13H17N3. The Morgan fingerprint density at radius 2 is 1.94 bits per heavy atom. The highest BCUT2D eigenvalue weighted by Crippen LogP contribution is 2.15. The SMILES string of the molecule is CCCc1ccc(Nc2ccn(C)n2)cc1. The van der Waals surface area contributed by atoms with Gasteiger partial charge in [0.1, 0.15) is 0 Å². The molecule has 16 heavy (non-hydrogen) atoms. The molecule has 1 heterocycles. The fourth-order valence-electron chi connectivity index (χ4n) is 1.67. The van der Waals surface area contributed by atoms with Crippen LogP contribution >= 0.6 is 0 Å². The van der Waals surface area contributed by atoms with Crippen molar-refractivity contribution < 1.29 is 0 Å². The van der Waals surface area contributed by atoms with E-state index < -0.39 is 0 Å². The van der Waals surface area contributed by atoms with Crippen LogP contribution in [0.1, 0.15) is 18.9 Å². The van der Waals surface area contributed by atoms with Crippen LogP contribution in [-0.2, 0) is 13.5 Å². The van der Waals surface area contributed by atoms with Crippen LogP contribution in [0.4, 0.5) is 11.5 Å². The molecule has 0 aliphatic heterocycles. The van der Waals surface area contributed by atoms with Gasteiger partial charge in [0.15, 0.2) is 5.82 Å². The van der Waals surface area contributed by atoms with Gasteiger partial charge in [0.2, 0.25) is 0 Å². The van der Waals surface area contributed by atoms with Crippen LogP contribution in [0.2, 0.25) is 0 Å². The molecule has 2 aromatic rings. The molecule has 3 nitrogen and oxygen atoms in total. The summed E-state index contributed by atoms with van der Waals surface area (Å²) in [5, 5.41) is 7.53. The molecule has 0 unspecified atom stereocenters. The van der Waals surface area contributed by atoms with E-state index in [-0.39, 0.29) is 0 Å². The fourth-order valence-corrected chi connectivity index (χ4v) is 1.67. The normalized spacial score (nSPS) is 10.4. The second-order valence-corrected chi connectivity index (χ2v) is 3.95. The van der Waals surface area contributed by atoms with Gasteiger partial charge in [-0.25, -0.2) is 0 Å². The van der Waals surface area contributed by atoms with Crippen LogP contribution in [0.3, 0.4) is 0 Å². The van der Waals surface area contributed by atoms with E-state index in [1.54, 1.807) is 4.68 Å². The van der Waals surface area contributed by atoms with Crippen molar-refractivity contribution in [2.45, 2.75) is 19.8 Å². The lowest BCUT2D eigenvalue weighted by Gasteiger charge is -2.04. The summed E-state index contributed by atoms with van der Waals surface area (Å²) >= 11 is 0. The van der Waals surface area contributed by atoms with Crippen LogP contribution in [0.25, 0.3) is 0 Å². The van der Waals surface area contributed by atoms with Gasteiger partial charge in [-0.2, -0.15) is 5.10 Å². The van der Waals surface area contributed by atoms with Crippen molar-refractivity contribution in [3.63, 3.8) is 0 Å². The van der Waals surface area contributed by atoms with E-state index >= 15 is 0 Å². The number of anilines is 2. The third kappa shape index (κ3) is 2.63. The average Bonchev–Trinajstić information content (AvgIpc) is 2.67. The van der Waals surface area contributed by atoms with Crippen molar-refractivity contribution >= 4 is 11.5 Å². The number of hydrogen-bond donors (Lipinski definition) is 1. The van der Waals surface area contributed by atoms with Gasteiger partial charge < -0.3 is 5.32 Å². The molecule has 2 rings (SSSR count). The average molecular weight is 215 g/mol. The first-order valence-corrected chi connectivity index (χ1v) is 5.63. The zero-order valence-corrected chi connectivity index (χ0v) is 9.77. The molecule has 84 valence electrons. The number of hydrogen-bond acceptors (Lipinski definition) is 2. The van der Waals surface area contributed by atoms with Gasteiger partial charge in [-0.1, -0.05) is 25.5 Å². The molecule has 0 saturated heterocycles. The van der Waals surface area contributed by atoms with E-state index in [1.165, 1.54) is 12.0 Å². The number of benzene rings is 1. The first-order valence-electron chi connectivity index (χ1n) is 5.63. The van der Waals surface area contributed by atoms with E-state index in [4.69, 9.17) is 0 Å². The molecule has 0 amide bonds. The Balaban J connectivity index is 2.05. The van der Waals surface area contributed by atoms with E-state index in [0.717, 1.165) is 17.9 Å². The number of rotatable bonds is 4. The number of nitrogens with zero attached hydrogens (tertiary/aromatic N) is 2. The summed E-state index contributed by atoms with van der Waals surface area (Å²) in [6.45, 7) is 2.19. The summed E-state index contributed by atoms with van der Waals surface area (Å²) in [6, 6.07) is 10.5. The highest BCUT2D eigenvalue weighted by atomic mass is 15.3. The van der Waals surface area contributed by atoms with Crippen molar-refractivity contribution in [1.82, 2.24) is 9.78 Å². The first kappa shape index (κ1) is 10.7. The summed E-state index contributed by atoms with van der Waals surface area (Å²) in [4.78, 5) is 0. The largest absolute Gasteiger partial charge is 0.339 e. The highest BCUT2D eigenvalue weighted by Gasteiger charge is 1.97. The smallest absolute Gasteiger partial charge is 0.152 e. The summed E-state index contributed by atoms with van der Waals surface area (Å²) < 4.78 is 1.79. The van der Waals surface area contributed by atoms with Crippen LogP contribution < -0.4 is 5.32 Å². The molecule has 3 heteroatoms.